The van der Waals surface area contributed by atoms with Crippen LogP contribution in [-0.4, -0.2) is 47.9 Å². The molecule has 4 rings (SSSR count). The quantitative estimate of drug-likeness (QED) is 0.834. The molecule has 2 saturated heterocycles. The second-order valence-corrected chi connectivity index (χ2v) is 7.71. The normalized spacial score (nSPS) is 38.4. The molecule has 0 unspecified atom stereocenters. The molecule has 6 nitrogen and oxygen atoms in total. The zero-order valence-electron chi connectivity index (χ0n) is 14.9. The topological polar surface area (TPSA) is 63.2 Å². The molecule has 0 aromatic heterocycles. The van der Waals surface area contributed by atoms with E-state index in [4.69, 9.17) is 23.7 Å². The molecule has 3 fully saturated rings. The summed E-state index contributed by atoms with van der Waals surface area (Å²) >= 11 is 0. The minimum atomic E-state index is -0.833. The second kappa shape index (κ2) is 5.86. The van der Waals surface area contributed by atoms with Crippen LogP contribution in [0.25, 0.3) is 0 Å². The van der Waals surface area contributed by atoms with Gasteiger partial charge in [0.15, 0.2) is 23.5 Å². The first-order valence-corrected chi connectivity index (χ1v) is 8.66. The third-order valence-electron chi connectivity index (χ3n) is 4.75. The summed E-state index contributed by atoms with van der Waals surface area (Å²) in [6.07, 6.45) is -2.84. The van der Waals surface area contributed by atoms with Gasteiger partial charge >= 0.3 is 0 Å². The van der Waals surface area contributed by atoms with Gasteiger partial charge < -0.3 is 23.7 Å². The molecule has 136 valence electrons. The molecule has 1 aromatic rings. The Labute approximate surface area is 147 Å². The molecule has 0 amide bonds. The molecule has 0 N–H and O–H groups in total. The zero-order valence-corrected chi connectivity index (χ0v) is 14.9. The van der Waals surface area contributed by atoms with Gasteiger partial charge in [0.05, 0.1) is 6.61 Å². The molecule has 0 radical (unpaired) electrons. The van der Waals surface area contributed by atoms with Crippen molar-refractivity contribution in [2.24, 2.45) is 0 Å². The Morgan fingerprint density at radius 3 is 2.20 bits per heavy atom. The van der Waals surface area contributed by atoms with Crippen molar-refractivity contribution in [3.05, 3.63) is 35.9 Å². The highest BCUT2D eigenvalue weighted by molar-refractivity contribution is 5.90. The zero-order chi connectivity index (χ0) is 17.8. The predicted molar refractivity (Wildman–Crippen MR) is 87.7 cm³/mol. The summed E-state index contributed by atoms with van der Waals surface area (Å²) in [6, 6.07) is 9.74. The van der Waals surface area contributed by atoms with Crippen LogP contribution in [0, 0.1) is 0 Å². The Kier molecular flexibility index (Phi) is 4.01. The molecule has 25 heavy (non-hydrogen) atoms. The molecule has 0 bridgehead atoms. The molecule has 2 heterocycles. The maximum Gasteiger partial charge on any atom is 0.195 e. The van der Waals surface area contributed by atoms with Crippen LogP contribution in [0.2, 0.25) is 0 Å². The fourth-order valence-electron chi connectivity index (χ4n) is 3.82. The van der Waals surface area contributed by atoms with E-state index in [1.54, 1.807) is 13.8 Å². The van der Waals surface area contributed by atoms with E-state index in [0.29, 0.717) is 6.61 Å². The molecule has 6 heteroatoms. The predicted octanol–water partition coefficient (Wildman–Crippen LogP) is 2.19. The number of hydrogen-bond donors (Lipinski definition) is 0. The number of Topliss-reactive ketones (excluding diaryl/α,β-unsaturated/α-hetero) is 1. The lowest BCUT2D eigenvalue weighted by atomic mass is 9.86. The highest BCUT2D eigenvalue weighted by Crippen LogP contribution is 2.44. The monoisotopic (exact) mass is 348 g/mol. The van der Waals surface area contributed by atoms with Crippen molar-refractivity contribution < 1.29 is 28.5 Å². The summed E-state index contributed by atoms with van der Waals surface area (Å²) in [6.45, 7) is 7.59. The van der Waals surface area contributed by atoms with E-state index in [9.17, 15) is 4.79 Å². The van der Waals surface area contributed by atoms with Gasteiger partial charge in [0, 0.05) is 0 Å². The molecule has 1 aromatic carbocycles. The first kappa shape index (κ1) is 17.1. The summed E-state index contributed by atoms with van der Waals surface area (Å²) in [7, 11) is 0. The smallest absolute Gasteiger partial charge is 0.195 e. The largest absolute Gasteiger partial charge is 0.363 e. The van der Waals surface area contributed by atoms with Crippen LogP contribution in [0.5, 0.6) is 0 Å². The molecule has 2 aliphatic heterocycles. The molecule has 3 aliphatic rings. The van der Waals surface area contributed by atoms with Gasteiger partial charge in [0.1, 0.15) is 24.4 Å². The summed E-state index contributed by atoms with van der Waals surface area (Å²) in [5.74, 6) is -1.77. The number of ether oxygens (including phenoxy) is 5. The maximum atomic E-state index is 13.0. The van der Waals surface area contributed by atoms with Crippen molar-refractivity contribution in [3.8, 4) is 0 Å². The van der Waals surface area contributed by atoms with Crippen molar-refractivity contribution in [2.75, 3.05) is 0 Å². The van der Waals surface area contributed by atoms with E-state index >= 15 is 0 Å². The number of carbonyl (C=O) groups excluding carboxylic acids is 1. The molecule has 1 aliphatic carbocycles. The number of hydrogen-bond acceptors (Lipinski definition) is 6. The average Bonchev–Trinajstić information content (AvgIpc) is 3.04. The molecule has 0 spiro atoms. The number of fused-ring (bicyclic) bond motifs is 3. The van der Waals surface area contributed by atoms with Crippen LogP contribution < -0.4 is 0 Å². The number of carbonyl (C=O) groups is 1. The van der Waals surface area contributed by atoms with Gasteiger partial charge in [-0.05, 0) is 33.3 Å². The lowest BCUT2D eigenvalue weighted by Gasteiger charge is -2.35. The maximum absolute atomic E-state index is 13.0. The van der Waals surface area contributed by atoms with Gasteiger partial charge in [-0.3, -0.25) is 4.79 Å². The first-order valence-electron chi connectivity index (χ1n) is 8.66. The second-order valence-electron chi connectivity index (χ2n) is 7.71. The molecule has 5 atom stereocenters. The van der Waals surface area contributed by atoms with Crippen LogP contribution in [0.4, 0.5) is 0 Å². The average molecular weight is 348 g/mol. The van der Waals surface area contributed by atoms with Crippen molar-refractivity contribution in [3.63, 3.8) is 0 Å². The minimum absolute atomic E-state index is 0.144. The summed E-state index contributed by atoms with van der Waals surface area (Å²) in [5, 5.41) is 0. The van der Waals surface area contributed by atoms with Crippen molar-refractivity contribution in [1.82, 2.24) is 0 Å². The van der Waals surface area contributed by atoms with E-state index in [1.807, 2.05) is 44.2 Å². The molecular formula is C19H24O6. The Hall–Kier alpha value is -1.31. The van der Waals surface area contributed by atoms with Gasteiger partial charge in [-0.2, -0.15) is 0 Å². The molecule has 1 saturated carbocycles. The van der Waals surface area contributed by atoms with Gasteiger partial charge in [0.2, 0.25) is 0 Å². The standard InChI is InChI=1S/C19H24O6/c1-18(2)22-14-12(20)13(21-10-11-8-6-5-7-9-11)15-17(16(14)24-18)25-19(3,4)23-15/h5-9,13-17H,10H2,1-4H3/t13-,14-,15+,16-,17-/m1/s1. The number of benzene rings is 1. The van der Waals surface area contributed by atoms with Gasteiger partial charge in [0.25, 0.3) is 0 Å². The van der Waals surface area contributed by atoms with E-state index in [0.717, 1.165) is 5.56 Å². The van der Waals surface area contributed by atoms with Crippen molar-refractivity contribution in [2.45, 2.75) is 76.4 Å². The van der Waals surface area contributed by atoms with E-state index in [-0.39, 0.29) is 5.78 Å². The van der Waals surface area contributed by atoms with Crippen molar-refractivity contribution in [1.29, 1.82) is 0 Å². The summed E-state index contributed by atoms with van der Waals surface area (Å²) < 4.78 is 29.8. The highest BCUT2D eigenvalue weighted by Gasteiger charge is 2.63. The van der Waals surface area contributed by atoms with Gasteiger partial charge in [-0.25, -0.2) is 0 Å². The summed E-state index contributed by atoms with van der Waals surface area (Å²) in [4.78, 5) is 13.0. The number of ketones is 1. The Morgan fingerprint density at radius 2 is 1.48 bits per heavy atom. The molecular weight excluding hydrogens is 324 g/mol. The van der Waals surface area contributed by atoms with Crippen molar-refractivity contribution >= 4 is 5.78 Å². The van der Waals surface area contributed by atoms with Crippen LogP contribution in [0.15, 0.2) is 30.3 Å². The Bertz CT molecular complexity index is 655. The van der Waals surface area contributed by atoms with E-state index in [1.165, 1.54) is 0 Å². The van der Waals surface area contributed by atoms with E-state index in [2.05, 4.69) is 0 Å². The fourth-order valence-corrected chi connectivity index (χ4v) is 3.82. The minimum Gasteiger partial charge on any atom is -0.363 e. The fraction of sp³-hybridized carbons (Fsp3) is 0.632. The SMILES string of the molecule is CC1(C)O[C@@H]2[C@@H](O1)[C@H](OCc1ccccc1)C(=O)[C@H]1OC(C)(C)O[C@@H]21. The highest BCUT2D eigenvalue weighted by atomic mass is 16.8. The third-order valence-corrected chi connectivity index (χ3v) is 4.75. The van der Waals surface area contributed by atoms with Crippen LogP contribution >= 0.6 is 0 Å². The van der Waals surface area contributed by atoms with Crippen LogP contribution in [0.1, 0.15) is 33.3 Å². The number of rotatable bonds is 3. The Morgan fingerprint density at radius 1 is 0.880 bits per heavy atom. The lowest BCUT2D eigenvalue weighted by Crippen LogP contribution is -2.60. The third kappa shape index (κ3) is 3.13. The van der Waals surface area contributed by atoms with Crippen LogP contribution in [-0.2, 0) is 35.1 Å². The Balaban J connectivity index is 1.58. The van der Waals surface area contributed by atoms with Gasteiger partial charge in [-0.1, -0.05) is 30.3 Å². The van der Waals surface area contributed by atoms with E-state index < -0.39 is 42.1 Å². The van der Waals surface area contributed by atoms with Crippen LogP contribution in [0.3, 0.4) is 0 Å². The lowest BCUT2D eigenvalue weighted by molar-refractivity contribution is -0.180. The van der Waals surface area contributed by atoms with Gasteiger partial charge in [-0.15, -0.1) is 0 Å². The summed E-state index contributed by atoms with van der Waals surface area (Å²) in [5.41, 5.74) is 0.996. The first-order chi connectivity index (χ1) is 11.8.